The lowest BCUT2D eigenvalue weighted by molar-refractivity contribution is -0.129. The lowest BCUT2D eigenvalue weighted by atomic mass is 9.81. The molecule has 152 valence electrons. The number of halogens is 1. The molecule has 0 bridgehead atoms. The topological polar surface area (TPSA) is 66.5 Å². The van der Waals surface area contributed by atoms with E-state index in [1.807, 2.05) is 50.2 Å². The first kappa shape index (κ1) is 20.3. The van der Waals surface area contributed by atoms with Crippen LogP contribution in [0.15, 0.2) is 60.7 Å². The van der Waals surface area contributed by atoms with Gasteiger partial charge in [-0.1, -0.05) is 60.1 Å². The number of nitrogens with zero attached hydrogens (tertiary/aromatic N) is 1. The van der Waals surface area contributed by atoms with Crippen LogP contribution in [-0.2, 0) is 10.3 Å². The lowest BCUT2D eigenvalue weighted by Gasteiger charge is -2.28. The van der Waals surface area contributed by atoms with Gasteiger partial charge in [0.05, 0.1) is 15.8 Å². The van der Waals surface area contributed by atoms with Crippen LogP contribution in [0.5, 0.6) is 0 Å². The normalized spacial score (nSPS) is 18.6. The molecule has 3 aromatic rings. The van der Waals surface area contributed by atoms with Crippen LogP contribution in [0.3, 0.4) is 0 Å². The van der Waals surface area contributed by atoms with Gasteiger partial charge in [-0.25, -0.2) is 4.79 Å². The SMILES string of the molecule is Cc1ccc(C2(c3ccccc3)NC(=O)N(CC(=O)c3ccc(Cl)s3)C2=O)cc1C. The van der Waals surface area contributed by atoms with Crippen LogP contribution in [-0.4, -0.2) is 29.2 Å². The van der Waals surface area contributed by atoms with Crippen molar-refractivity contribution < 1.29 is 14.4 Å². The van der Waals surface area contributed by atoms with E-state index in [1.165, 1.54) is 0 Å². The number of imide groups is 1. The van der Waals surface area contributed by atoms with Crippen LogP contribution >= 0.6 is 22.9 Å². The number of aryl methyl sites for hydroxylation is 2. The maximum atomic E-state index is 13.7. The van der Waals surface area contributed by atoms with Crippen molar-refractivity contribution in [1.29, 1.82) is 0 Å². The van der Waals surface area contributed by atoms with Crippen LogP contribution < -0.4 is 5.32 Å². The molecule has 1 fully saturated rings. The predicted octanol–water partition coefficient (Wildman–Crippen LogP) is 4.70. The van der Waals surface area contributed by atoms with Crippen molar-refractivity contribution >= 4 is 40.7 Å². The van der Waals surface area contributed by atoms with Crippen molar-refractivity contribution in [2.75, 3.05) is 6.54 Å². The van der Waals surface area contributed by atoms with Crippen LogP contribution in [0.4, 0.5) is 4.79 Å². The maximum absolute atomic E-state index is 13.7. The number of hydrogen-bond donors (Lipinski definition) is 1. The van der Waals surface area contributed by atoms with E-state index in [1.54, 1.807) is 24.3 Å². The van der Waals surface area contributed by atoms with Gasteiger partial charge in [0, 0.05) is 0 Å². The third-order valence-electron chi connectivity index (χ3n) is 5.40. The second kappa shape index (κ2) is 7.70. The number of Topliss-reactive ketones (excluding diaryl/α,β-unsaturated/α-hetero) is 1. The van der Waals surface area contributed by atoms with E-state index in [0.717, 1.165) is 27.4 Å². The molecular formula is C23H19ClN2O3S. The van der Waals surface area contributed by atoms with Gasteiger partial charge < -0.3 is 5.32 Å². The summed E-state index contributed by atoms with van der Waals surface area (Å²) < 4.78 is 0.476. The van der Waals surface area contributed by atoms with E-state index in [2.05, 4.69) is 5.32 Å². The molecule has 0 spiro atoms. The predicted molar refractivity (Wildman–Crippen MR) is 117 cm³/mol. The fraction of sp³-hybridized carbons (Fsp3) is 0.174. The molecule has 5 nitrogen and oxygen atoms in total. The van der Waals surface area contributed by atoms with Gasteiger partial charge in [0.1, 0.15) is 0 Å². The largest absolute Gasteiger partial charge is 0.325 e. The highest BCUT2D eigenvalue weighted by atomic mass is 35.5. The molecule has 3 amide bonds. The Kier molecular flexibility index (Phi) is 5.22. The highest BCUT2D eigenvalue weighted by Gasteiger charge is 2.54. The number of rotatable bonds is 5. The zero-order valence-electron chi connectivity index (χ0n) is 16.4. The van der Waals surface area contributed by atoms with Crippen LogP contribution in [0.25, 0.3) is 0 Å². The smallest absolute Gasteiger partial charge is 0.315 e. The summed E-state index contributed by atoms with van der Waals surface area (Å²) in [5.41, 5.74) is 2.00. The number of carbonyl (C=O) groups excluding carboxylic acids is 3. The molecule has 1 N–H and O–H groups in total. The molecule has 0 saturated carbocycles. The highest BCUT2D eigenvalue weighted by Crippen LogP contribution is 2.37. The molecular weight excluding hydrogens is 420 g/mol. The van der Waals surface area contributed by atoms with E-state index in [4.69, 9.17) is 11.6 Å². The second-order valence-electron chi connectivity index (χ2n) is 7.26. The minimum absolute atomic E-state index is 0.334. The minimum Gasteiger partial charge on any atom is -0.315 e. The molecule has 7 heteroatoms. The summed E-state index contributed by atoms with van der Waals surface area (Å²) in [6.45, 7) is 3.60. The van der Waals surface area contributed by atoms with Crippen LogP contribution in [0.1, 0.15) is 31.9 Å². The van der Waals surface area contributed by atoms with Gasteiger partial charge in [-0.2, -0.15) is 0 Å². The fourth-order valence-corrected chi connectivity index (χ4v) is 4.60. The summed E-state index contributed by atoms with van der Waals surface area (Å²) in [6, 6.07) is 17.4. The van der Waals surface area contributed by atoms with E-state index < -0.39 is 17.5 Å². The average Bonchev–Trinajstić information content (AvgIpc) is 3.28. The van der Waals surface area contributed by atoms with Gasteiger partial charge in [-0.05, 0) is 48.2 Å². The van der Waals surface area contributed by atoms with Gasteiger partial charge >= 0.3 is 6.03 Å². The average molecular weight is 439 g/mol. The number of carbonyl (C=O) groups is 3. The Labute approximate surface area is 183 Å². The van der Waals surface area contributed by atoms with Crippen molar-refractivity contribution in [3.63, 3.8) is 0 Å². The van der Waals surface area contributed by atoms with Crippen molar-refractivity contribution in [2.24, 2.45) is 0 Å². The number of thiophene rings is 1. The number of hydrogen-bond acceptors (Lipinski definition) is 4. The third-order valence-corrected chi connectivity index (χ3v) is 6.67. The fourth-order valence-electron chi connectivity index (χ4n) is 3.63. The Balaban J connectivity index is 1.78. The standard InChI is InChI=1S/C23H19ClN2O3S/c1-14-8-9-17(12-15(14)2)23(16-6-4-3-5-7-16)21(28)26(22(29)25-23)13-18(27)19-10-11-20(24)30-19/h3-12H,13H2,1-2H3,(H,25,29). The Morgan fingerprint density at radius 3 is 2.37 bits per heavy atom. The molecule has 2 aromatic carbocycles. The monoisotopic (exact) mass is 438 g/mol. The molecule has 1 aromatic heterocycles. The number of nitrogens with one attached hydrogen (secondary N) is 1. The first-order valence-electron chi connectivity index (χ1n) is 9.39. The highest BCUT2D eigenvalue weighted by molar-refractivity contribution is 7.18. The van der Waals surface area contributed by atoms with Crippen molar-refractivity contribution in [3.05, 3.63) is 92.1 Å². The molecule has 1 saturated heterocycles. The van der Waals surface area contributed by atoms with Gasteiger partial charge in [0.15, 0.2) is 11.3 Å². The Morgan fingerprint density at radius 1 is 1.00 bits per heavy atom. The van der Waals surface area contributed by atoms with Crippen molar-refractivity contribution in [3.8, 4) is 0 Å². The molecule has 0 radical (unpaired) electrons. The van der Waals surface area contributed by atoms with Crippen LogP contribution in [0, 0.1) is 13.8 Å². The van der Waals surface area contributed by atoms with Gasteiger partial charge in [-0.15, -0.1) is 11.3 Å². The van der Waals surface area contributed by atoms with Gasteiger partial charge in [0.2, 0.25) is 0 Å². The first-order chi connectivity index (χ1) is 14.3. The lowest BCUT2D eigenvalue weighted by Crippen LogP contribution is -2.45. The minimum atomic E-state index is -1.38. The molecule has 2 heterocycles. The Bertz CT molecular complexity index is 1160. The van der Waals surface area contributed by atoms with Gasteiger partial charge in [-0.3, -0.25) is 14.5 Å². The number of benzene rings is 2. The molecule has 4 rings (SSSR count). The summed E-state index contributed by atoms with van der Waals surface area (Å²) in [7, 11) is 0. The Hall–Kier alpha value is -2.96. The molecule has 1 atom stereocenters. The molecule has 1 unspecified atom stereocenters. The van der Waals surface area contributed by atoms with E-state index in [-0.39, 0.29) is 12.3 Å². The van der Waals surface area contributed by atoms with E-state index in [0.29, 0.717) is 20.3 Å². The maximum Gasteiger partial charge on any atom is 0.325 e. The molecule has 1 aliphatic rings. The van der Waals surface area contributed by atoms with Crippen molar-refractivity contribution in [2.45, 2.75) is 19.4 Å². The van der Waals surface area contributed by atoms with E-state index >= 15 is 0 Å². The summed E-state index contributed by atoms with van der Waals surface area (Å²) in [5.74, 6) is -0.808. The zero-order chi connectivity index (χ0) is 21.5. The van der Waals surface area contributed by atoms with E-state index in [9.17, 15) is 14.4 Å². The molecule has 1 aliphatic heterocycles. The Morgan fingerprint density at radius 2 is 1.73 bits per heavy atom. The quantitative estimate of drug-likeness (QED) is 0.464. The third kappa shape index (κ3) is 3.32. The zero-order valence-corrected chi connectivity index (χ0v) is 18.0. The number of ketones is 1. The first-order valence-corrected chi connectivity index (χ1v) is 10.6. The van der Waals surface area contributed by atoms with Crippen LogP contribution in [0.2, 0.25) is 4.34 Å². The summed E-state index contributed by atoms with van der Waals surface area (Å²) in [5, 5.41) is 2.87. The van der Waals surface area contributed by atoms with Gasteiger partial charge in [0.25, 0.3) is 5.91 Å². The second-order valence-corrected chi connectivity index (χ2v) is 8.98. The summed E-state index contributed by atoms with van der Waals surface area (Å²) in [4.78, 5) is 40.6. The summed E-state index contributed by atoms with van der Waals surface area (Å²) >= 11 is 7.04. The number of urea groups is 1. The molecule has 0 aliphatic carbocycles. The summed E-state index contributed by atoms with van der Waals surface area (Å²) in [6.07, 6.45) is 0. The number of amides is 3. The molecule has 30 heavy (non-hydrogen) atoms. The van der Waals surface area contributed by atoms with Crippen molar-refractivity contribution in [1.82, 2.24) is 10.2 Å².